The van der Waals surface area contributed by atoms with Gasteiger partial charge >= 0.3 is 0 Å². The van der Waals surface area contributed by atoms with E-state index in [0.717, 1.165) is 43.4 Å². The number of aromatic nitrogens is 4. The van der Waals surface area contributed by atoms with Crippen molar-refractivity contribution in [1.29, 1.82) is 0 Å². The zero-order chi connectivity index (χ0) is 24.0. The summed E-state index contributed by atoms with van der Waals surface area (Å²) in [4.78, 5) is 7.01. The van der Waals surface area contributed by atoms with E-state index in [2.05, 4.69) is 20.1 Å². The summed E-state index contributed by atoms with van der Waals surface area (Å²) in [6.45, 7) is 7.14. The van der Waals surface area contributed by atoms with Crippen LogP contribution in [0.2, 0.25) is 0 Å². The van der Waals surface area contributed by atoms with Crippen LogP contribution in [0.4, 0.5) is 4.39 Å². The van der Waals surface area contributed by atoms with Crippen LogP contribution in [0.15, 0.2) is 22.7 Å². The lowest BCUT2D eigenvalue weighted by Crippen LogP contribution is -2.45. The highest BCUT2D eigenvalue weighted by molar-refractivity contribution is 7.88. The van der Waals surface area contributed by atoms with E-state index in [1.807, 2.05) is 19.9 Å². The number of fused-ring (bicyclic) bond motifs is 1. The molecule has 0 bridgehead atoms. The first-order valence-corrected chi connectivity index (χ1v) is 13.7. The zero-order valence-corrected chi connectivity index (χ0v) is 20.6. The summed E-state index contributed by atoms with van der Waals surface area (Å²) >= 11 is 0. The van der Waals surface area contributed by atoms with E-state index in [1.165, 1.54) is 17.0 Å². The summed E-state index contributed by atoms with van der Waals surface area (Å²) in [6, 6.07) is 5.38. The Balaban J connectivity index is 1.26. The molecule has 1 aromatic carbocycles. The predicted molar refractivity (Wildman–Crippen MR) is 126 cm³/mol. The zero-order valence-electron chi connectivity index (χ0n) is 19.8. The van der Waals surface area contributed by atoms with Gasteiger partial charge in [-0.3, -0.25) is 4.90 Å². The maximum atomic E-state index is 14.7. The van der Waals surface area contributed by atoms with Gasteiger partial charge in [-0.15, -0.1) is 0 Å². The molecule has 11 heteroatoms. The van der Waals surface area contributed by atoms with Crippen molar-refractivity contribution in [2.45, 2.75) is 51.5 Å². The average molecular weight is 491 g/mol. The first kappa shape index (κ1) is 23.4. The van der Waals surface area contributed by atoms with E-state index in [1.54, 1.807) is 10.4 Å². The normalized spacial score (nSPS) is 21.3. The van der Waals surface area contributed by atoms with Crippen LogP contribution in [0.25, 0.3) is 16.9 Å². The molecule has 0 N–H and O–H groups in total. The average Bonchev–Trinajstić information content (AvgIpc) is 3.52. The number of sulfonamides is 1. The molecule has 2 aliphatic rings. The highest BCUT2D eigenvalue weighted by atomic mass is 32.2. The molecule has 4 heterocycles. The molecule has 2 saturated heterocycles. The van der Waals surface area contributed by atoms with Crippen LogP contribution in [-0.2, 0) is 16.4 Å². The quantitative estimate of drug-likeness (QED) is 0.524. The number of halogens is 1. The van der Waals surface area contributed by atoms with Crippen molar-refractivity contribution in [3.63, 3.8) is 0 Å². The first-order valence-electron chi connectivity index (χ1n) is 11.9. The van der Waals surface area contributed by atoms with Crippen molar-refractivity contribution in [2.75, 3.05) is 32.4 Å². The third-order valence-corrected chi connectivity index (χ3v) is 8.37. The lowest BCUT2D eigenvalue weighted by molar-refractivity contribution is 0.162. The maximum absolute atomic E-state index is 14.7. The third kappa shape index (κ3) is 4.48. The van der Waals surface area contributed by atoms with Gasteiger partial charge in [0.05, 0.1) is 11.9 Å². The Bertz CT molecular complexity index is 1280. The fraction of sp³-hybridized carbons (Fsp3) is 0.609. The molecular weight excluding hydrogens is 459 g/mol. The largest absolute Gasteiger partial charge is 0.337 e. The second-order valence-electron chi connectivity index (χ2n) is 9.82. The fourth-order valence-corrected chi connectivity index (χ4v) is 6.16. The van der Waals surface area contributed by atoms with Crippen molar-refractivity contribution in [3.8, 4) is 5.95 Å². The van der Waals surface area contributed by atoms with Gasteiger partial charge in [-0.1, -0.05) is 26.0 Å². The number of piperidine rings is 1. The van der Waals surface area contributed by atoms with Gasteiger partial charge < -0.3 is 4.52 Å². The minimum atomic E-state index is -3.11. The van der Waals surface area contributed by atoms with Gasteiger partial charge in [-0.2, -0.15) is 14.8 Å². The molecule has 2 aliphatic heterocycles. The molecule has 0 saturated carbocycles. The first-order chi connectivity index (χ1) is 16.2. The molecule has 0 unspecified atom stereocenters. The molecule has 0 radical (unpaired) electrons. The summed E-state index contributed by atoms with van der Waals surface area (Å²) in [5.74, 6) is 0.931. The van der Waals surface area contributed by atoms with Crippen molar-refractivity contribution in [2.24, 2.45) is 5.92 Å². The summed E-state index contributed by atoms with van der Waals surface area (Å²) in [5, 5.41) is 9.46. The van der Waals surface area contributed by atoms with Crippen LogP contribution in [-0.4, -0.2) is 76.0 Å². The molecule has 9 nitrogen and oxygen atoms in total. The molecule has 184 valence electrons. The molecule has 0 aliphatic carbocycles. The van der Waals surface area contributed by atoms with Crippen molar-refractivity contribution >= 4 is 20.9 Å². The topological polar surface area (TPSA) is 97.4 Å². The molecular formula is C23H31FN6O3S. The SMILES string of the molecule is CC(C)c1nn(-c2noc(C[C@@H]3CCN(C4CCN(S(C)(=O)=O)CC4)C3)n2)c2c(F)cccc12. The molecule has 0 spiro atoms. The standard InChI is InChI=1S/C23H31FN6O3S/c1-15(2)21-18-5-4-6-19(24)22(18)30(26-21)23-25-20(33-27-23)13-16-7-10-28(14-16)17-8-11-29(12-9-17)34(3,31)32/h4-6,15-17H,7-14H2,1-3H3/t16-/m0/s1. The predicted octanol–water partition coefficient (Wildman–Crippen LogP) is 2.96. The number of nitrogens with zero attached hydrogens (tertiary/aromatic N) is 6. The van der Waals surface area contributed by atoms with Crippen LogP contribution in [0.3, 0.4) is 0 Å². The lowest BCUT2D eigenvalue weighted by atomic mass is 10.0. The summed E-state index contributed by atoms with van der Waals surface area (Å²) in [6.07, 6.45) is 4.69. The van der Waals surface area contributed by atoms with E-state index in [0.29, 0.717) is 42.9 Å². The van der Waals surface area contributed by atoms with Gasteiger partial charge in [-0.05, 0) is 48.9 Å². The van der Waals surface area contributed by atoms with Crippen molar-refractivity contribution in [1.82, 2.24) is 29.1 Å². The van der Waals surface area contributed by atoms with Crippen LogP contribution in [0.5, 0.6) is 0 Å². The molecule has 5 rings (SSSR count). The second kappa shape index (κ2) is 9.01. The van der Waals surface area contributed by atoms with Gasteiger partial charge in [0.1, 0.15) is 11.3 Å². The highest BCUT2D eigenvalue weighted by Crippen LogP contribution is 2.30. The van der Waals surface area contributed by atoms with E-state index >= 15 is 0 Å². The van der Waals surface area contributed by atoms with Gasteiger partial charge in [0.25, 0.3) is 5.95 Å². The molecule has 3 aromatic rings. The van der Waals surface area contributed by atoms with E-state index in [-0.39, 0.29) is 17.7 Å². The van der Waals surface area contributed by atoms with E-state index in [9.17, 15) is 12.8 Å². The number of hydrogen-bond acceptors (Lipinski definition) is 7. The summed E-state index contributed by atoms with van der Waals surface area (Å²) < 4.78 is 46.7. The fourth-order valence-electron chi connectivity index (χ4n) is 5.28. The van der Waals surface area contributed by atoms with Crippen molar-refractivity contribution < 1.29 is 17.3 Å². The smallest absolute Gasteiger partial charge is 0.291 e. The molecule has 1 atom stereocenters. The van der Waals surface area contributed by atoms with Crippen molar-refractivity contribution in [3.05, 3.63) is 35.6 Å². The second-order valence-corrected chi connectivity index (χ2v) is 11.8. The Morgan fingerprint density at radius 1 is 1.18 bits per heavy atom. The Kier molecular flexibility index (Phi) is 6.19. The van der Waals surface area contributed by atoms with Gasteiger partial charge in [-0.25, -0.2) is 17.1 Å². The monoisotopic (exact) mass is 490 g/mol. The number of para-hydroxylation sites is 1. The van der Waals surface area contributed by atoms with E-state index < -0.39 is 10.0 Å². The molecule has 34 heavy (non-hydrogen) atoms. The van der Waals surface area contributed by atoms with Crippen LogP contribution >= 0.6 is 0 Å². The Labute approximate surface area is 199 Å². The molecule has 0 amide bonds. The number of hydrogen-bond donors (Lipinski definition) is 0. The lowest BCUT2D eigenvalue weighted by Gasteiger charge is -2.35. The van der Waals surface area contributed by atoms with Gasteiger partial charge in [0.2, 0.25) is 15.9 Å². The maximum Gasteiger partial charge on any atom is 0.291 e. The van der Waals surface area contributed by atoms with Gasteiger partial charge in [0, 0.05) is 37.5 Å². The minimum Gasteiger partial charge on any atom is -0.337 e. The third-order valence-electron chi connectivity index (χ3n) is 7.07. The Morgan fingerprint density at radius 3 is 2.65 bits per heavy atom. The number of rotatable bonds is 6. The number of likely N-dealkylation sites (tertiary alicyclic amines) is 1. The molecule has 2 fully saturated rings. The van der Waals surface area contributed by atoms with E-state index in [4.69, 9.17) is 4.52 Å². The van der Waals surface area contributed by atoms with Crippen LogP contribution < -0.4 is 0 Å². The number of benzene rings is 1. The highest BCUT2D eigenvalue weighted by Gasteiger charge is 2.33. The molecule has 2 aromatic heterocycles. The summed E-state index contributed by atoms with van der Waals surface area (Å²) in [7, 11) is -3.11. The summed E-state index contributed by atoms with van der Waals surface area (Å²) in [5.41, 5.74) is 1.17. The van der Waals surface area contributed by atoms with Gasteiger partial charge in [0.15, 0.2) is 0 Å². The van der Waals surface area contributed by atoms with Crippen LogP contribution in [0, 0.1) is 11.7 Å². The minimum absolute atomic E-state index is 0.130. The van der Waals surface area contributed by atoms with Crippen LogP contribution in [0.1, 0.15) is 50.6 Å². The Morgan fingerprint density at radius 2 is 1.94 bits per heavy atom. The Hall–Kier alpha value is -2.37.